The minimum Gasteiger partial charge on any atom is -0.383 e. The minimum atomic E-state index is -1.36. The third-order valence-electron chi connectivity index (χ3n) is 4.36. The fourth-order valence-corrected chi connectivity index (χ4v) is 3.16. The second kappa shape index (κ2) is 7.69. The number of aliphatic hydroxyl groups is 1. The van der Waals surface area contributed by atoms with Crippen LogP contribution >= 0.6 is 11.6 Å². The lowest BCUT2D eigenvalue weighted by atomic mass is 9.94. The van der Waals surface area contributed by atoms with Crippen molar-refractivity contribution in [2.24, 2.45) is 0 Å². The first-order valence-corrected chi connectivity index (χ1v) is 8.82. The number of benzene rings is 2. The van der Waals surface area contributed by atoms with E-state index in [-0.39, 0.29) is 33.2 Å². The average molecular weight is 417 g/mol. The largest absolute Gasteiger partial charge is 0.383 e. The number of rotatable bonds is 4. The van der Waals surface area contributed by atoms with Gasteiger partial charge in [0.05, 0.1) is 11.1 Å². The Morgan fingerprint density at radius 3 is 2.41 bits per heavy atom. The predicted octanol–water partition coefficient (Wildman–Crippen LogP) is 5.56. The van der Waals surface area contributed by atoms with Crippen LogP contribution in [0, 0.1) is 17.5 Å². The molecular formula is C21H12ClF3N2O2. The lowest BCUT2D eigenvalue weighted by Gasteiger charge is -2.13. The van der Waals surface area contributed by atoms with Gasteiger partial charge in [0.25, 0.3) is 0 Å². The maximum Gasteiger partial charge on any atom is 0.176 e. The van der Waals surface area contributed by atoms with Gasteiger partial charge in [0.1, 0.15) is 29.2 Å². The third kappa shape index (κ3) is 3.62. The summed E-state index contributed by atoms with van der Waals surface area (Å²) in [5, 5.41) is 15.0. The number of halogens is 4. The van der Waals surface area contributed by atoms with Crippen molar-refractivity contribution in [3.8, 4) is 22.6 Å². The first-order valence-electron chi connectivity index (χ1n) is 8.44. The van der Waals surface area contributed by atoms with Crippen molar-refractivity contribution in [2.75, 3.05) is 0 Å². The highest BCUT2D eigenvalue weighted by atomic mass is 35.5. The van der Waals surface area contributed by atoms with Gasteiger partial charge in [-0.2, -0.15) is 0 Å². The van der Waals surface area contributed by atoms with Gasteiger partial charge in [-0.3, -0.25) is 4.98 Å². The number of hydrogen-bond acceptors (Lipinski definition) is 4. The van der Waals surface area contributed by atoms with E-state index < -0.39 is 23.6 Å². The predicted molar refractivity (Wildman–Crippen MR) is 101 cm³/mol. The molecule has 2 heterocycles. The molecule has 0 bridgehead atoms. The van der Waals surface area contributed by atoms with E-state index in [1.54, 1.807) is 12.1 Å². The average Bonchev–Trinajstić information content (AvgIpc) is 3.12. The van der Waals surface area contributed by atoms with E-state index in [0.717, 1.165) is 18.2 Å². The Labute approximate surface area is 168 Å². The summed E-state index contributed by atoms with van der Waals surface area (Å²) in [6.45, 7) is 0. The van der Waals surface area contributed by atoms with Crippen molar-refractivity contribution in [1.82, 2.24) is 10.1 Å². The fraction of sp³-hybridized carbons (Fsp3) is 0.0476. The lowest BCUT2D eigenvalue weighted by molar-refractivity contribution is 0.220. The van der Waals surface area contributed by atoms with Crippen LogP contribution in [0.2, 0.25) is 5.02 Å². The van der Waals surface area contributed by atoms with Gasteiger partial charge in [-0.15, -0.1) is 0 Å². The molecule has 0 unspecified atom stereocenters. The van der Waals surface area contributed by atoms with Crippen molar-refractivity contribution in [3.63, 3.8) is 0 Å². The molecule has 0 amide bonds. The maximum atomic E-state index is 14.5. The van der Waals surface area contributed by atoms with Gasteiger partial charge in [-0.05, 0) is 36.4 Å². The van der Waals surface area contributed by atoms with Crippen LogP contribution in [0.4, 0.5) is 13.2 Å². The first kappa shape index (κ1) is 19.2. The lowest BCUT2D eigenvalue weighted by Crippen LogP contribution is -2.04. The Kier molecular flexibility index (Phi) is 5.08. The Morgan fingerprint density at radius 1 is 0.966 bits per heavy atom. The second-order valence-electron chi connectivity index (χ2n) is 6.21. The SMILES string of the molecule is O[C@H](c1cccnc1)c1c(-c2ccc(Cl)cc2F)noc1-c1ccc(F)cc1F. The van der Waals surface area contributed by atoms with E-state index in [9.17, 15) is 18.3 Å². The van der Waals surface area contributed by atoms with Gasteiger partial charge < -0.3 is 9.63 Å². The Balaban J connectivity index is 1.96. The van der Waals surface area contributed by atoms with E-state index in [1.165, 1.54) is 24.5 Å². The molecule has 0 radical (unpaired) electrons. The zero-order chi connectivity index (χ0) is 20.5. The molecule has 0 aliphatic rings. The molecule has 1 atom stereocenters. The molecule has 146 valence electrons. The van der Waals surface area contributed by atoms with E-state index in [0.29, 0.717) is 11.6 Å². The van der Waals surface area contributed by atoms with E-state index >= 15 is 0 Å². The molecule has 8 heteroatoms. The minimum absolute atomic E-state index is 0.00450. The van der Waals surface area contributed by atoms with Crippen molar-refractivity contribution < 1.29 is 22.8 Å². The zero-order valence-electron chi connectivity index (χ0n) is 14.6. The van der Waals surface area contributed by atoms with Crippen molar-refractivity contribution in [1.29, 1.82) is 0 Å². The van der Waals surface area contributed by atoms with Crippen LogP contribution in [-0.2, 0) is 0 Å². The molecular weight excluding hydrogens is 405 g/mol. The molecule has 0 aliphatic heterocycles. The highest BCUT2D eigenvalue weighted by Gasteiger charge is 2.29. The van der Waals surface area contributed by atoms with Gasteiger partial charge in [0.2, 0.25) is 0 Å². The summed E-state index contributed by atoms with van der Waals surface area (Å²) in [4.78, 5) is 3.95. The molecule has 4 aromatic rings. The monoisotopic (exact) mass is 416 g/mol. The molecule has 4 nitrogen and oxygen atoms in total. The standard InChI is InChI=1S/C21H12ClF3N2O2/c22-12-3-5-14(16(24)8-12)19-18(20(28)11-2-1-7-26-10-11)21(29-27-19)15-6-4-13(23)9-17(15)25/h1-10,20,28H/t20-/m1/s1. The van der Waals surface area contributed by atoms with Gasteiger partial charge in [-0.25, -0.2) is 13.2 Å². The molecule has 2 aromatic heterocycles. The number of pyridine rings is 1. The summed E-state index contributed by atoms with van der Waals surface area (Å²) in [7, 11) is 0. The van der Waals surface area contributed by atoms with Crippen molar-refractivity contribution in [2.45, 2.75) is 6.10 Å². The third-order valence-corrected chi connectivity index (χ3v) is 4.60. The Bertz CT molecular complexity index is 1110. The highest BCUT2D eigenvalue weighted by molar-refractivity contribution is 6.30. The molecule has 0 saturated heterocycles. The molecule has 0 saturated carbocycles. The summed E-state index contributed by atoms with van der Waals surface area (Å²) in [6.07, 6.45) is 1.56. The van der Waals surface area contributed by atoms with E-state index in [4.69, 9.17) is 16.1 Å². The van der Waals surface area contributed by atoms with Crippen LogP contribution in [0.1, 0.15) is 17.2 Å². The summed E-state index contributed by atoms with van der Waals surface area (Å²) in [6, 6.07) is 10.00. The molecule has 0 spiro atoms. The fourth-order valence-electron chi connectivity index (χ4n) is 3.00. The smallest absolute Gasteiger partial charge is 0.176 e. The quantitative estimate of drug-likeness (QED) is 0.473. The summed E-state index contributed by atoms with van der Waals surface area (Å²) < 4.78 is 47.6. The van der Waals surface area contributed by atoms with Crippen LogP contribution in [0.5, 0.6) is 0 Å². The van der Waals surface area contributed by atoms with Gasteiger partial charge >= 0.3 is 0 Å². The highest BCUT2D eigenvalue weighted by Crippen LogP contribution is 2.40. The summed E-state index contributed by atoms with van der Waals surface area (Å²) in [5.41, 5.74) is 0.219. The van der Waals surface area contributed by atoms with Crippen molar-refractivity contribution >= 4 is 11.6 Å². The number of nitrogens with zero attached hydrogens (tertiary/aromatic N) is 2. The molecule has 0 fully saturated rings. The van der Waals surface area contributed by atoms with Crippen LogP contribution in [-0.4, -0.2) is 15.2 Å². The Morgan fingerprint density at radius 2 is 1.72 bits per heavy atom. The van der Waals surface area contributed by atoms with E-state index in [2.05, 4.69) is 10.1 Å². The number of aliphatic hydroxyl groups excluding tert-OH is 1. The molecule has 0 aliphatic carbocycles. The first-order chi connectivity index (χ1) is 14.0. The molecule has 1 N–H and O–H groups in total. The molecule has 29 heavy (non-hydrogen) atoms. The van der Waals surface area contributed by atoms with Gasteiger partial charge in [-0.1, -0.05) is 22.8 Å². The van der Waals surface area contributed by atoms with E-state index in [1.807, 2.05) is 0 Å². The van der Waals surface area contributed by atoms with Gasteiger partial charge in [0, 0.05) is 34.6 Å². The Hall–Kier alpha value is -3.16. The van der Waals surface area contributed by atoms with Crippen LogP contribution in [0.15, 0.2) is 65.4 Å². The number of hydrogen-bond donors (Lipinski definition) is 1. The normalized spacial score (nSPS) is 12.2. The van der Waals surface area contributed by atoms with Crippen LogP contribution in [0.25, 0.3) is 22.6 Å². The number of aromatic nitrogens is 2. The van der Waals surface area contributed by atoms with Crippen LogP contribution in [0.3, 0.4) is 0 Å². The van der Waals surface area contributed by atoms with Crippen molar-refractivity contribution in [3.05, 3.63) is 94.5 Å². The molecule has 4 rings (SSSR count). The zero-order valence-corrected chi connectivity index (χ0v) is 15.4. The molecule has 2 aromatic carbocycles. The topological polar surface area (TPSA) is 59.2 Å². The second-order valence-corrected chi connectivity index (χ2v) is 6.65. The maximum absolute atomic E-state index is 14.5. The summed E-state index contributed by atoms with van der Waals surface area (Å²) >= 11 is 5.81. The van der Waals surface area contributed by atoms with Crippen LogP contribution < -0.4 is 0 Å². The summed E-state index contributed by atoms with van der Waals surface area (Å²) in [5.74, 6) is -2.53. The van der Waals surface area contributed by atoms with Gasteiger partial charge in [0.15, 0.2) is 5.76 Å².